The fourth-order valence-corrected chi connectivity index (χ4v) is 3.66. The highest BCUT2D eigenvalue weighted by Gasteiger charge is 2.37. The summed E-state index contributed by atoms with van der Waals surface area (Å²) < 4.78 is 1.64. The van der Waals surface area contributed by atoms with Crippen LogP contribution in [-0.2, 0) is 22.6 Å². The number of nitriles is 1. The maximum Gasteiger partial charge on any atom is 0.245 e. The first kappa shape index (κ1) is 14.3. The minimum atomic E-state index is -0.830. The molecule has 0 aliphatic carbocycles. The summed E-state index contributed by atoms with van der Waals surface area (Å²) in [6.45, 7) is 0.451. The first-order valence-electron chi connectivity index (χ1n) is 6.59. The average Bonchev–Trinajstić information content (AvgIpc) is 3.14. The summed E-state index contributed by atoms with van der Waals surface area (Å²) in [5.41, 5.74) is 6.71. The van der Waals surface area contributed by atoms with E-state index in [0.717, 1.165) is 5.56 Å². The Morgan fingerprint density at radius 3 is 3.05 bits per heavy atom. The highest BCUT2D eigenvalue weighted by atomic mass is 32.1. The summed E-state index contributed by atoms with van der Waals surface area (Å²) in [7, 11) is 0. The lowest BCUT2D eigenvalue weighted by Gasteiger charge is -2.33. The fraction of sp³-hybridized carbons (Fsp3) is 0.286. The summed E-state index contributed by atoms with van der Waals surface area (Å²) >= 11 is 1.18. The third-order valence-electron chi connectivity index (χ3n) is 3.60. The van der Waals surface area contributed by atoms with E-state index in [9.17, 15) is 9.59 Å². The molecule has 2 aromatic rings. The van der Waals surface area contributed by atoms with E-state index in [0.29, 0.717) is 23.4 Å². The zero-order valence-electron chi connectivity index (χ0n) is 11.5. The molecular weight excluding hydrogens is 302 g/mol. The molecule has 111 valence electrons. The Balaban J connectivity index is 1.90. The van der Waals surface area contributed by atoms with Crippen LogP contribution >= 0.6 is 11.3 Å². The zero-order chi connectivity index (χ0) is 15.7. The number of rotatable bonds is 3. The lowest BCUT2D eigenvalue weighted by molar-refractivity contribution is -0.140. The van der Waals surface area contributed by atoms with Crippen LogP contribution in [0, 0.1) is 16.7 Å². The molecule has 3 rings (SSSR count). The number of primary amides is 1. The molecule has 0 fully saturated rings. The van der Waals surface area contributed by atoms with E-state index in [1.165, 1.54) is 16.2 Å². The molecule has 0 spiro atoms. The van der Waals surface area contributed by atoms with Crippen molar-refractivity contribution < 1.29 is 9.59 Å². The highest BCUT2D eigenvalue weighted by Crippen LogP contribution is 2.36. The van der Waals surface area contributed by atoms with Crippen LogP contribution in [0.2, 0.25) is 0 Å². The van der Waals surface area contributed by atoms with Gasteiger partial charge in [-0.05, 0) is 12.0 Å². The van der Waals surface area contributed by atoms with Crippen LogP contribution in [0.5, 0.6) is 0 Å². The van der Waals surface area contributed by atoms with Crippen molar-refractivity contribution in [3.8, 4) is 6.07 Å². The topological polar surface area (TPSA) is 105 Å². The lowest BCUT2D eigenvalue weighted by Crippen LogP contribution is -2.46. The van der Waals surface area contributed by atoms with E-state index in [-0.39, 0.29) is 12.5 Å². The number of aromatic nitrogens is 2. The molecule has 1 unspecified atom stereocenters. The number of nitrogens with zero attached hydrogens (tertiary/aromatic N) is 4. The third kappa shape index (κ3) is 2.35. The minimum Gasteiger partial charge on any atom is -0.368 e. The molecule has 8 heteroatoms. The van der Waals surface area contributed by atoms with Gasteiger partial charge < -0.3 is 15.2 Å². The second kappa shape index (κ2) is 5.61. The molecular formula is C14H12N5O2S. The number of imidazole rings is 1. The number of carbonyl (C=O) groups excluding carboxylic acids is 2. The molecule has 0 bridgehead atoms. The summed E-state index contributed by atoms with van der Waals surface area (Å²) in [5, 5.41) is 11.9. The quantitative estimate of drug-likeness (QED) is 0.875. The van der Waals surface area contributed by atoms with Crippen LogP contribution < -0.4 is 5.73 Å². The molecule has 1 aliphatic heterocycles. The van der Waals surface area contributed by atoms with Gasteiger partial charge in [0.15, 0.2) is 0 Å². The van der Waals surface area contributed by atoms with Gasteiger partial charge in [0.2, 0.25) is 11.8 Å². The molecule has 22 heavy (non-hydrogen) atoms. The standard InChI is InChI=1S/C14H12N5O2S/c15-5-9-7-22-13-10(9)1-3-19(12(13)14(16)21)11(20)6-18-4-2-17-8-18/h2,4,8,12H,1,3,6H2,(H2,16,21). The van der Waals surface area contributed by atoms with Gasteiger partial charge in [-0.2, -0.15) is 5.26 Å². The largest absolute Gasteiger partial charge is 0.368 e. The Hall–Kier alpha value is -2.66. The van der Waals surface area contributed by atoms with Gasteiger partial charge in [0, 0.05) is 23.8 Å². The fourth-order valence-electron chi connectivity index (χ4n) is 2.59. The van der Waals surface area contributed by atoms with Gasteiger partial charge in [0.1, 0.15) is 18.7 Å². The van der Waals surface area contributed by atoms with Crippen molar-refractivity contribution >= 4 is 23.2 Å². The zero-order valence-corrected chi connectivity index (χ0v) is 12.3. The predicted molar refractivity (Wildman–Crippen MR) is 77.4 cm³/mol. The van der Waals surface area contributed by atoms with Gasteiger partial charge in [-0.15, -0.1) is 11.3 Å². The molecule has 1 aliphatic rings. The predicted octanol–water partition coefficient (Wildman–Crippen LogP) is 0.228. The number of hydrogen-bond donors (Lipinski definition) is 1. The smallest absolute Gasteiger partial charge is 0.245 e. The summed E-state index contributed by atoms with van der Waals surface area (Å²) in [5.74, 6) is -0.806. The molecule has 7 nitrogen and oxygen atoms in total. The molecule has 2 aromatic heterocycles. The number of hydrogen-bond acceptors (Lipinski definition) is 5. The van der Waals surface area contributed by atoms with Gasteiger partial charge in [-0.25, -0.2) is 4.98 Å². The number of carbonyl (C=O) groups is 2. The van der Waals surface area contributed by atoms with Gasteiger partial charge in [-0.3, -0.25) is 9.59 Å². The molecule has 0 saturated carbocycles. The van der Waals surface area contributed by atoms with Crippen molar-refractivity contribution in [1.29, 1.82) is 5.26 Å². The molecule has 2 amide bonds. The molecule has 1 radical (unpaired) electrons. The number of fused-ring (bicyclic) bond motifs is 1. The maximum atomic E-state index is 12.5. The van der Waals surface area contributed by atoms with Crippen molar-refractivity contribution in [2.24, 2.45) is 5.73 Å². The number of thiophene rings is 1. The molecule has 2 N–H and O–H groups in total. The Bertz CT molecular complexity index is 759. The van der Waals surface area contributed by atoms with E-state index < -0.39 is 11.9 Å². The van der Waals surface area contributed by atoms with E-state index >= 15 is 0 Å². The van der Waals surface area contributed by atoms with Crippen LogP contribution in [0.15, 0.2) is 18.7 Å². The molecule has 0 aromatic carbocycles. The van der Waals surface area contributed by atoms with Gasteiger partial charge in [0.25, 0.3) is 0 Å². The van der Waals surface area contributed by atoms with Crippen molar-refractivity contribution in [1.82, 2.24) is 14.5 Å². The maximum absolute atomic E-state index is 12.5. The second-order valence-electron chi connectivity index (χ2n) is 4.91. The first-order chi connectivity index (χ1) is 10.6. The highest BCUT2D eigenvalue weighted by molar-refractivity contribution is 7.10. The van der Waals surface area contributed by atoms with E-state index in [4.69, 9.17) is 11.0 Å². The van der Waals surface area contributed by atoms with Gasteiger partial charge >= 0.3 is 0 Å². The Kier molecular flexibility index (Phi) is 3.65. The van der Waals surface area contributed by atoms with Crippen molar-refractivity contribution in [2.75, 3.05) is 6.54 Å². The lowest BCUT2D eigenvalue weighted by atomic mass is 9.97. The summed E-state index contributed by atoms with van der Waals surface area (Å²) in [6.07, 6.45) is 5.33. The minimum absolute atomic E-state index is 0.0965. The van der Waals surface area contributed by atoms with Gasteiger partial charge in [0.05, 0.1) is 17.3 Å². The van der Waals surface area contributed by atoms with Crippen LogP contribution in [0.1, 0.15) is 22.0 Å². The van der Waals surface area contributed by atoms with Crippen LogP contribution in [-0.4, -0.2) is 32.8 Å². The van der Waals surface area contributed by atoms with E-state index in [2.05, 4.69) is 16.4 Å². The number of amides is 2. The molecule has 0 saturated heterocycles. The average molecular weight is 314 g/mol. The molecule has 1 atom stereocenters. The van der Waals surface area contributed by atoms with Crippen molar-refractivity contribution in [2.45, 2.75) is 19.0 Å². The van der Waals surface area contributed by atoms with Crippen LogP contribution in [0.25, 0.3) is 0 Å². The Morgan fingerprint density at radius 2 is 2.41 bits per heavy atom. The summed E-state index contributed by atoms with van der Waals surface area (Å²) in [6, 6.07) is 1.23. The van der Waals surface area contributed by atoms with E-state index in [1.54, 1.807) is 23.3 Å². The van der Waals surface area contributed by atoms with E-state index in [1.807, 2.05) is 0 Å². The monoisotopic (exact) mass is 314 g/mol. The SMILES string of the molecule is N#Cc1[c]sc2c1CCN(C(=O)Cn1ccnc1)C2C(N)=O. The van der Waals surface area contributed by atoms with Crippen molar-refractivity contribution in [3.05, 3.63) is 40.1 Å². The summed E-state index contributed by atoms with van der Waals surface area (Å²) in [4.78, 5) is 30.3. The third-order valence-corrected chi connectivity index (χ3v) is 4.60. The Morgan fingerprint density at radius 1 is 1.59 bits per heavy atom. The molecule has 3 heterocycles. The first-order valence-corrected chi connectivity index (χ1v) is 7.41. The van der Waals surface area contributed by atoms with Crippen molar-refractivity contribution in [3.63, 3.8) is 0 Å². The normalized spacial score (nSPS) is 16.9. The van der Waals surface area contributed by atoms with Crippen LogP contribution in [0.3, 0.4) is 0 Å². The Labute approximate surface area is 130 Å². The van der Waals surface area contributed by atoms with Gasteiger partial charge in [-0.1, -0.05) is 0 Å². The number of nitrogens with two attached hydrogens (primary N) is 1. The second-order valence-corrected chi connectivity index (χ2v) is 5.76. The van der Waals surface area contributed by atoms with Crippen LogP contribution in [0.4, 0.5) is 0 Å².